The molecule has 0 aromatic heterocycles. The number of ether oxygens (including phenoxy) is 1. The van der Waals surface area contributed by atoms with Gasteiger partial charge in [-0.1, -0.05) is 6.07 Å². The van der Waals surface area contributed by atoms with Crippen molar-refractivity contribution in [2.75, 3.05) is 31.6 Å². The molecule has 20 heavy (non-hydrogen) atoms. The van der Waals surface area contributed by atoms with Gasteiger partial charge in [-0.3, -0.25) is 4.79 Å². The smallest absolute Gasteiger partial charge is 0.255 e. The van der Waals surface area contributed by atoms with Gasteiger partial charge in [0.15, 0.2) is 6.61 Å². The molecular formula is C15H21N3O2. The van der Waals surface area contributed by atoms with Gasteiger partial charge in [0.05, 0.1) is 0 Å². The highest BCUT2D eigenvalue weighted by atomic mass is 16.5. The van der Waals surface area contributed by atoms with Crippen LogP contribution in [0.5, 0.6) is 5.75 Å². The maximum atomic E-state index is 10.7. The normalized spacial score (nSPS) is 28.1. The van der Waals surface area contributed by atoms with Gasteiger partial charge in [-0.05, 0) is 44.0 Å². The molecule has 0 radical (unpaired) electrons. The predicted molar refractivity (Wildman–Crippen MR) is 77.7 cm³/mol. The number of piperidine rings is 3. The third-order valence-electron chi connectivity index (χ3n) is 4.22. The summed E-state index contributed by atoms with van der Waals surface area (Å²) in [5, 5.41) is 3.60. The van der Waals surface area contributed by atoms with E-state index in [1.54, 1.807) is 0 Å². The maximum Gasteiger partial charge on any atom is 0.255 e. The Bertz CT molecular complexity index is 484. The van der Waals surface area contributed by atoms with E-state index in [4.69, 9.17) is 10.5 Å². The van der Waals surface area contributed by atoms with Gasteiger partial charge >= 0.3 is 0 Å². The zero-order valence-electron chi connectivity index (χ0n) is 11.5. The van der Waals surface area contributed by atoms with Gasteiger partial charge in [0.1, 0.15) is 5.75 Å². The summed E-state index contributed by atoms with van der Waals surface area (Å²) in [6.45, 7) is 3.52. The van der Waals surface area contributed by atoms with Crippen molar-refractivity contribution in [3.63, 3.8) is 0 Å². The van der Waals surface area contributed by atoms with E-state index in [0.29, 0.717) is 11.8 Å². The standard InChI is InChI=1S/C15H21N3O2/c16-15(19)10-20-13-3-1-2-12(8-13)17-14-9-18-6-4-11(14)5-7-18/h1-3,8,11,14,17H,4-7,9-10H2,(H2,16,19). The van der Waals surface area contributed by atoms with E-state index >= 15 is 0 Å². The number of carbonyl (C=O) groups is 1. The molecule has 1 aromatic carbocycles. The largest absolute Gasteiger partial charge is 0.484 e. The van der Waals surface area contributed by atoms with E-state index < -0.39 is 5.91 Å². The van der Waals surface area contributed by atoms with Crippen LogP contribution in [-0.2, 0) is 4.79 Å². The van der Waals surface area contributed by atoms with Crippen molar-refractivity contribution in [1.29, 1.82) is 0 Å². The molecule has 3 saturated heterocycles. The van der Waals surface area contributed by atoms with Crippen LogP contribution in [0.4, 0.5) is 5.69 Å². The van der Waals surface area contributed by atoms with Crippen molar-refractivity contribution in [3.05, 3.63) is 24.3 Å². The Morgan fingerprint density at radius 2 is 2.20 bits per heavy atom. The molecule has 1 amide bonds. The lowest BCUT2D eigenvalue weighted by Gasteiger charge is -2.45. The van der Waals surface area contributed by atoms with Crippen LogP contribution in [0, 0.1) is 5.92 Å². The molecule has 0 aliphatic carbocycles. The Morgan fingerprint density at radius 1 is 1.40 bits per heavy atom. The van der Waals surface area contributed by atoms with Crippen molar-refractivity contribution in [2.45, 2.75) is 18.9 Å². The van der Waals surface area contributed by atoms with Crippen LogP contribution in [-0.4, -0.2) is 43.1 Å². The van der Waals surface area contributed by atoms with Crippen molar-refractivity contribution >= 4 is 11.6 Å². The van der Waals surface area contributed by atoms with Gasteiger partial charge in [-0.15, -0.1) is 0 Å². The maximum absolute atomic E-state index is 10.7. The van der Waals surface area contributed by atoms with E-state index in [1.807, 2.05) is 24.3 Å². The number of fused-ring (bicyclic) bond motifs is 3. The molecule has 3 N–H and O–H groups in total. The second-order valence-corrected chi connectivity index (χ2v) is 5.67. The second-order valence-electron chi connectivity index (χ2n) is 5.67. The van der Waals surface area contributed by atoms with Crippen molar-refractivity contribution in [2.24, 2.45) is 11.7 Å². The minimum atomic E-state index is -0.458. The topological polar surface area (TPSA) is 67.6 Å². The third-order valence-corrected chi connectivity index (χ3v) is 4.22. The number of amides is 1. The SMILES string of the molecule is NC(=O)COc1cccc(NC2CN3CCC2CC3)c1. The van der Waals surface area contributed by atoms with Gasteiger partial charge in [-0.25, -0.2) is 0 Å². The minimum Gasteiger partial charge on any atom is -0.484 e. The number of benzene rings is 1. The zero-order valence-corrected chi connectivity index (χ0v) is 11.5. The van der Waals surface area contributed by atoms with E-state index in [9.17, 15) is 4.79 Å². The summed E-state index contributed by atoms with van der Waals surface area (Å²) in [4.78, 5) is 13.3. The number of anilines is 1. The highest BCUT2D eigenvalue weighted by Gasteiger charge is 2.33. The molecule has 3 aliphatic rings. The average molecular weight is 275 g/mol. The molecule has 108 valence electrons. The molecule has 4 rings (SSSR count). The van der Waals surface area contributed by atoms with Gasteiger partial charge < -0.3 is 20.7 Å². The van der Waals surface area contributed by atoms with Crippen LogP contribution in [0.2, 0.25) is 0 Å². The fourth-order valence-corrected chi connectivity index (χ4v) is 3.17. The van der Waals surface area contributed by atoms with Crippen molar-refractivity contribution in [1.82, 2.24) is 4.90 Å². The summed E-state index contributed by atoms with van der Waals surface area (Å²) >= 11 is 0. The van der Waals surface area contributed by atoms with Crippen LogP contribution in [0.25, 0.3) is 0 Å². The van der Waals surface area contributed by atoms with Gasteiger partial charge in [-0.2, -0.15) is 0 Å². The number of nitrogens with zero attached hydrogens (tertiary/aromatic N) is 1. The van der Waals surface area contributed by atoms with Crippen molar-refractivity contribution in [3.8, 4) is 5.75 Å². The summed E-state index contributed by atoms with van der Waals surface area (Å²) in [6, 6.07) is 8.25. The van der Waals surface area contributed by atoms with Crippen LogP contribution in [0.15, 0.2) is 24.3 Å². The molecule has 5 nitrogen and oxygen atoms in total. The molecular weight excluding hydrogens is 254 g/mol. The number of carbonyl (C=O) groups excluding carboxylic acids is 1. The third kappa shape index (κ3) is 3.04. The van der Waals surface area contributed by atoms with Crippen molar-refractivity contribution < 1.29 is 9.53 Å². The van der Waals surface area contributed by atoms with E-state index in [-0.39, 0.29) is 6.61 Å². The molecule has 0 saturated carbocycles. The van der Waals surface area contributed by atoms with Crippen LogP contribution < -0.4 is 15.8 Å². The lowest BCUT2D eigenvalue weighted by Crippen LogP contribution is -2.53. The highest BCUT2D eigenvalue weighted by Crippen LogP contribution is 2.30. The molecule has 5 heteroatoms. The van der Waals surface area contributed by atoms with Crippen LogP contribution in [0.1, 0.15) is 12.8 Å². The highest BCUT2D eigenvalue weighted by molar-refractivity contribution is 5.75. The van der Waals surface area contributed by atoms with E-state index in [1.165, 1.54) is 25.9 Å². The first kappa shape index (κ1) is 13.2. The summed E-state index contributed by atoms with van der Waals surface area (Å²) in [5.74, 6) is 0.992. The zero-order chi connectivity index (χ0) is 13.9. The first-order valence-corrected chi connectivity index (χ1v) is 7.21. The second kappa shape index (κ2) is 5.71. The van der Waals surface area contributed by atoms with Crippen LogP contribution in [0.3, 0.4) is 0 Å². The van der Waals surface area contributed by atoms with Gasteiger partial charge in [0.2, 0.25) is 0 Å². The number of nitrogens with two attached hydrogens (primary N) is 1. The molecule has 0 spiro atoms. The summed E-state index contributed by atoms with van der Waals surface area (Å²) in [6.07, 6.45) is 2.57. The molecule has 2 bridgehead atoms. The first-order chi connectivity index (χ1) is 9.70. The summed E-state index contributed by atoms with van der Waals surface area (Å²) < 4.78 is 5.33. The Morgan fingerprint density at radius 3 is 2.85 bits per heavy atom. The van der Waals surface area contributed by atoms with Gasteiger partial charge in [0.25, 0.3) is 5.91 Å². The summed E-state index contributed by atoms with van der Waals surface area (Å²) in [7, 11) is 0. The molecule has 1 aromatic rings. The average Bonchev–Trinajstić information content (AvgIpc) is 2.47. The first-order valence-electron chi connectivity index (χ1n) is 7.21. The number of hydrogen-bond donors (Lipinski definition) is 2. The monoisotopic (exact) mass is 275 g/mol. The minimum absolute atomic E-state index is 0.0801. The Kier molecular flexibility index (Phi) is 3.78. The Labute approximate surface area is 119 Å². The lowest BCUT2D eigenvalue weighted by molar-refractivity contribution is -0.119. The quantitative estimate of drug-likeness (QED) is 0.843. The molecule has 1 unspecified atom stereocenters. The van der Waals surface area contributed by atoms with E-state index in [0.717, 1.165) is 18.2 Å². The molecule has 1 atom stereocenters. The number of nitrogens with one attached hydrogen (secondary N) is 1. The lowest BCUT2D eigenvalue weighted by atomic mass is 9.84. The Balaban J connectivity index is 1.62. The molecule has 3 aliphatic heterocycles. The number of primary amides is 1. The Hall–Kier alpha value is -1.75. The molecule has 3 fully saturated rings. The van der Waals surface area contributed by atoms with Gasteiger partial charge in [0, 0.05) is 24.3 Å². The number of hydrogen-bond acceptors (Lipinski definition) is 4. The fraction of sp³-hybridized carbons (Fsp3) is 0.533. The van der Waals surface area contributed by atoms with E-state index in [2.05, 4.69) is 10.2 Å². The fourth-order valence-electron chi connectivity index (χ4n) is 3.17. The number of rotatable bonds is 5. The van der Waals surface area contributed by atoms with Crippen LogP contribution >= 0.6 is 0 Å². The summed E-state index contributed by atoms with van der Waals surface area (Å²) in [5.41, 5.74) is 6.13. The predicted octanol–water partition coefficient (Wildman–Crippen LogP) is 1.06. The molecule has 3 heterocycles.